The summed E-state index contributed by atoms with van der Waals surface area (Å²) >= 11 is 0. The molecule has 1 amide bonds. The van der Waals surface area contributed by atoms with Crippen molar-refractivity contribution >= 4 is 28.3 Å². The average molecular weight is 407 g/mol. The van der Waals surface area contributed by atoms with Crippen LogP contribution < -0.4 is 5.46 Å². The van der Waals surface area contributed by atoms with Crippen molar-refractivity contribution < 1.29 is 22.5 Å². The highest BCUT2D eigenvalue weighted by molar-refractivity contribution is 7.91. The monoisotopic (exact) mass is 407 g/mol. The molecule has 2 aliphatic heterocycles. The molecule has 2 heterocycles. The van der Waals surface area contributed by atoms with Crippen LogP contribution in [0.15, 0.2) is 29.2 Å². The van der Waals surface area contributed by atoms with Gasteiger partial charge in [0.05, 0.1) is 21.9 Å². The number of amides is 1. The minimum atomic E-state index is -3.37. The molecule has 1 aromatic carbocycles. The van der Waals surface area contributed by atoms with E-state index in [0.29, 0.717) is 18.0 Å². The van der Waals surface area contributed by atoms with E-state index in [-0.39, 0.29) is 17.6 Å². The van der Waals surface area contributed by atoms with Gasteiger partial charge in [0.2, 0.25) is 5.91 Å². The molecule has 0 bridgehead atoms. The van der Waals surface area contributed by atoms with Gasteiger partial charge in [-0.2, -0.15) is 0 Å². The molecule has 0 unspecified atom stereocenters. The van der Waals surface area contributed by atoms with E-state index >= 15 is 0 Å². The number of rotatable bonds is 4. The number of sulfone groups is 1. The number of hydrogen-bond acceptors (Lipinski definition) is 5. The summed E-state index contributed by atoms with van der Waals surface area (Å²) in [4.78, 5) is 13.5. The van der Waals surface area contributed by atoms with Gasteiger partial charge in [-0.3, -0.25) is 4.79 Å². The molecule has 0 radical (unpaired) electrons. The number of benzene rings is 1. The highest BCUT2D eigenvalue weighted by Crippen LogP contribution is 2.36. The fourth-order valence-electron chi connectivity index (χ4n) is 3.63. The molecule has 28 heavy (non-hydrogen) atoms. The van der Waals surface area contributed by atoms with Gasteiger partial charge in [-0.1, -0.05) is 12.1 Å². The molecule has 2 saturated heterocycles. The fraction of sp³-hybridized carbons (Fsp3) is 0.650. The van der Waals surface area contributed by atoms with Gasteiger partial charge in [0.25, 0.3) is 0 Å². The predicted molar refractivity (Wildman–Crippen MR) is 109 cm³/mol. The molecule has 154 valence electrons. The highest BCUT2D eigenvalue weighted by Gasteiger charge is 2.51. The van der Waals surface area contributed by atoms with Crippen molar-refractivity contribution in [2.45, 2.75) is 63.6 Å². The van der Waals surface area contributed by atoms with E-state index in [9.17, 15) is 13.2 Å². The number of carbonyl (C=O) groups excluding carboxylic acids is 1. The summed E-state index contributed by atoms with van der Waals surface area (Å²) in [6.07, 6.45) is 1.45. The van der Waals surface area contributed by atoms with Crippen LogP contribution in [0.5, 0.6) is 0 Å². The molecule has 0 atom stereocenters. The van der Waals surface area contributed by atoms with E-state index in [4.69, 9.17) is 9.31 Å². The molecule has 0 aromatic heterocycles. The minimum absolute atomic E-state index is 0.0552. The number of piperidine rings is 1. The van der Waals surface area contributed by atoms with E-state index < -0.39 is 28.2 Å². The van der Waals surface area contributed by atoms with Crippen LogP contribution in [-0.2, 0) is 23.9 Å². The summed E-state index contributed by atoms with van der Waals surface area (Å²) in [6.45, 7) is 10.8. The van der Waals surface area contributed by atoms with E-state index in [1.807, 2.05) is 27.7 Å². The molecular formula is C20H30BNO5S. The molecule has 0 aliphatic carbocycles. The number of nitrogens with zero attached hydrogens (tertiary/aromatic N) is 1. The van der Waals surface area contributed by atoms with Gasteiger partial charge in [-0.15, -0.1) is 0 Å². The van der Waals surface area contributed by atoms with Crippen molar-refractivity contribution in [3.63, 3.8) is 0 Å². The Kier molecular flexibility index (Phi) is 5.69. The van der Waals surface area contributed by atoms with E-state index in [2.05, 4.69) is 0 Å². The average Bonchev–Trinajstić information content (AvgIpc) is 2.83. The van der Waals surface area contributed by atoms with Gasteiger partial charge < -0.3 is 14.2 Å². The second-order valence-electron chi connectivity index (χ2n) is 8.89. The molecule has 6 nitrogen and oxygen atoms in total. The molecule has 2 fully saturated rings. The fourth-order valence-corrected chi connectivity index (χ4v) is 5.33. The SMILES string of the molecule is CC(=O)N1CCC(CS(=O)(=O)c2ccc(B3OC(C)(C)C(C)(C)O3)cc2)CC1. The van der Waals surface area contributed by atoms with E-state index in [0.717, 1.165) is 18.3 Å². The lowest BCUT2D eigenvalue weighted by atomic mass is 9.79. The first-order valence-corrected chi connectivity index (χ1v) is 11.5. The third-order valence-electron chi connectivity index (χ3n) is 6.28. The Balaban J connectivity index is 1.65. The van der Waals surface area contributed by atoms with Crippen LogP contribution in [0.4, 0.5) is 0 Å². The first-order chi connectivity index (χ1) is 12.9. The quantitative estimate of drug-likeness (QED) is 0.715. The molecule has 0 spiro atoms. The highest BCUT2D eigenvalue weighted by atomic mass is 32.2. The largest absolute Gasteiger partial charge is 0.494 e. The zero-order valence-electron chi connectivity index (χ0n) is 17.4. The second kappa shape index (κ2) is 7.46. The van der Waals surface area contributed by atoms with Crippen molar-refractivity contribution in [2.24, 2.45) is 5.92 Å². The lowest BCUT2D eigenvalue weighted by Gasteiger charge is -2.32. The molecular weight excluding hydrogens is 377 g/mol. The maximum absolute atomic E-state index is 12.8. The lowest BCUT2D eigenvalue weighted by Crippen LogP contribution is -2.41. The zero-order valence-corrected chi connectivity index (χ0v) is 18.2. The summed E-state index contributed by atoms with van der Waals surface area (Å²) in [7, 11) is -3.87. The Morgan fingerprint density at radius 2 is 1.57 bits per heavy atom. The van der Waals surface area contributed by atoms with Crippen LogP contribution in [0.1, 0.15) is 47.5 Å². The van der Waals surface area contributed by atoms with Gasteiger partial charge >= 0.3 is 7.12 Å². The third kappa shape index (κ3) is 4.29. The van der Waals surface area contributed by atoms with Crippen LogP contribution in [-0.4, -0.2) is 56.4 Å². The van der Waals surface area contributed by atoms with Crippen LogP contribution in [0.3, 0.4) is 0 Å². The van der Waals surface area contributed by atoms with Crippen molar-refractivity contribution in [3.05, 3.63) is 24.3 Å². The maximum atomic E-state index is 12.8. The van der Waals surface area contributed by atoms with Crippen LogP contribution in [0.2, 0.25) is 0 Å². The summed E-state index contributed by atoms with van der Waals surface area (Å²) in [5.41, 5.74) is -0.0544. The first kappa shape index (κ1) is 21.3. The summed E-state index contributed by atoms with van der Waals surface area (Å²) in [5.74, 6) is 0.261. The number of carbonyl (C=O) groups is 1. The predicted octanol–water partition coefficient (Wildman–Crippen LogP) is 2.02. The van der Waals surface area contributed by atoms with Gasteiger partial charge in [0.15, 0.2) is 9.84 Å². The van der Waals surface area contributed by atoms with Crippen LogP contribution in [0, 0.1) is 5.92 Å². The lowest BCUT2D eigenvalue weighted by molar-refractivity contribution is -0.130. The molecule has 0 N–H and O–H groups in total. The molecule has 2 aliphatic rings. The Morgan fingerprint density at radius 3 is 2.04 bits per heavy atom. The number of likely N-dealkylation sites (tertiary alicyclic amines) is 1. The normalized spacial score (nSPS) is 22.5. The van der Waals surface area contributed by atoms with Gasteiger partial charge in [0, 0.05) is 20.0 Å². The second-order valence-corrected chi connectivity index (χ2v) is 10.9. The standard InChI is InChI=1S/C20H30BNO5S/c1-15(23)22-12-10-16(11-13-22)14-28(24,25)18-8-6-17(7-9-18)21-26-19(2,3)20(4,5)27-21/h6-9,16H,10-14H2,1-5H3. The van der Waals surface area contributed by atoms with Crippen LogP contribution in [0.25, 0.3) is 0 Å². The van der Waals surface area contributed by atoms with Gasteiger partial charge in [-0.25, -0.2) is 8.42 Å². The summed E-state index contributed by atoms with van der Waals surface area (Å²) < 4.78 is 37.7. The van der Waals surface area contributed by atoms with E-state index in [1.165, 1.54) is 0 Å². The van der Waals surface area contributed by atoms with Crippen molar-refractivity contribution in [1.82, 2.24) is 4.90 Å². The summed E-state index contributed by atoms with van der Waals surface area (Å²) in [5, 5.41) is 0. The molecule has 8 heteroatoms. The van der Waals surface area contributed by atoms with Crippen molar-refractivity contribution in [3.8, 4) is 0 Å². The zero-order chi connectivity index (χ0) is 20.7. The summed E-state index contributed by atoms with van der Waals surface area (Å²) in [6, 6.07) is 6.82. The smallest absolute Gasteiger partial charge is 0.399 e. The van der Waals surface area contributed by atoms with Gasteiger partial charge in [-0.05, 0) is 64.1 Å². The topological polar surface area (TPSA) is 72.9 Å². The van der Waals surface area contributed by atoms with Crippen molar-refractivity contribution in [1.29, 1.82) is 0 Å². The number of hydrogen-bond donors (Lipinski definition) is 0. The Bertz CT molecular complexity index is 811. The Labute approximate surface area is 168 Å². The molecule has 0 saturated carbocycles. The van der Waals surface area contributed by atoms with Crippen LogP contribution >= 0.6 is 0 Å². The van der Waals surface area contributed by atoms with Gasteiger partial charge in [0.1, 0.15) is 0 Å². The molecule has 1 aromatic rings. The van der Waals surface area contributed by atoms with E-state index in [1.54, 1.807) is 36.1 Å². The minimum Gasteiger partial charge on any atom is -0.399 e. The maximum Gasteiger partial charge on any atom is 0.494 e. The third-order valence-corrected chi connectivity index (χ3v) is 8.18. The first-order valence-electron chi connectivity index (χ1n) is 9.85. The Morgan fingerprint density at radius 1 is 1.07 bits per heavy atom. The molecule has 3 rings (SSSR count). The van der Waals surface area contributed by atoms with Crippen molar-refractivity contribution in [2.75, 3.05) is 18.8 Å². The Hall–Kier alpha value is -1.38.